The Bertz CT molecular complexity index is 867. The molecule has 0 aromatic heterocycles. The molecule has 8 heteroatoms. The summed E-state index contributed by atoms with van der Waals surface area (Å²) in [4.78, 5) is 3.42. The molecule has 0 radical (unpaired) electrons. The summed E-state index contributed by atoms with van der Waals surface area (Å²) in [6.07, 6.45) is 10.3. The second-order valence-electron chi connectivity index (χ2n) is 7.80. The van der Waals surface area contributed by atoms with E-state index in [1.807, 2.05) is 34.0 Å². The van der Waals surface area contributed by atoms with Crippen molar-refractivity contribution in [3.05, 3.63) is 42.5 Å². The minimum Gasteiger partial charge on any atom is -0.507 e. The van der Waals surface area contributed by atoms with E-state index in [-0.39, 0.29) is 11.5 Å². The van der Waals surface area contributed by atoms with E-state index in [9.17, 15) is 10.2 Å². The summed E-state index contributed by atoms with van der Waals surface area (Å²) >= 11 is 9.99. The van der Waals surface area contributed by atoms with Crippen LogP contribution in [0.1, 0.15) is 58.3 Å². The monoisotopic (exact) mass is 508 g/mol. The molecule has 1 aliphatic rings. The third-order valence-corrected chi connectivity index (χ3v) is 8.78. The van der Waals surface area contributed by atoms with Gasteiger partial charge in [0.15, 0.2) is 4.32 Å². The van der Waals surface area contributed by atoms with Crippen LogP contribution in [0.4, 0.5) is 5.69 Å². The van der Waals surface area contributed by atoms with Gasteiger partial charge in [-0.25, -0.2) is 0 Å². The van der Waals surface area contributed by atoms with Crippen molar-refractivity contribution in [3.8, 4) is 11.5 Å². The summed E-state index contributed by atoms with van der Waals surface area (Å²) in [5.74, 6) is 1.37. The number of benzene rings is 2. The zero-order chi connectivity index (χ0) is 22.8. The zero-order valence-corrected chi connectivity index (χ0v) is 21.8. The number of thiocarbonyl (C=S) groups is 1. The smallest absolute Gasteiger partial charge is 0.158 e. The highest BCUT2D eigenvalue weighted by Crippen LogP contribution is 2.44. The highest BCUT2D eigenvalue weighted by atomic mass is 32.2. The van der Waals surface area contributed by atoms with E-state index in [0.29, 0.717) is 11.6 Å². The number of para-hydroxylation sites is 1. The number of hydrogen-bond donors (Lipinski definition) is 2. The van der Waals surface area contributed by atoms with Crippen LogP contribution in [0.2, 0.25) is 0 Å². The van der Waals surface area contributed by atoms with Crippen LogP contribution in [0.3, 0.4) is 0 Å². The highest BCUT2D eigenvalue weighted by Gasteiger charge is 2.28. The van der Waals surface area contributed by atoms with Crippen LogP contribution < -0.4 is 4.90 Å². The Kier molecular flexibility index (Phi) is 10.9. The molecule has 2 aromatic rings. The Hall–Kier alpha value is -1.06. The number of anilines is 1. The summed E-state index contributed by atoms with van der Waals surface area (Å²) < 4.78 is 2.78. The molecule has 4 nitrogen and oxygen atoms in total. The van der Waals surface area contributed by atoms with Gasteiger partial charge in [0.25, 0.3) is 0 Å². The number of phenols is 2. The summed E-state index contributed by atoms with van der Waals surface area (Å²) in [6, 6.07) is 13.4. The van der Waals surface area contributed by atoms with Gasteiger partial charge >= 0.3 is 0 Å². The molecule has 32 heavy (non-hydrogen) atoms. The van der Waals surface area contributed by atoms with Crippen molar-refractivity contribution in [1.29, 1.82) is 0 Å². The largest absolute Gasteiger partial charge is 0.507 e. The number of nitrogens with zero attached hydrogens (tertiary/aromatic N) is 2. The molecule has 0 unspecified atom stereocenters. The van der Waals surface area contributed by atoms with Gasteiger partial charge in [0.2, 0.25) is 0 Å². The average molecular weight is 509 g/mol. The number of unbranched alkanes of at least 4 members (excludes halogenated alkanes) is 7. The topological polar surface area (TPSA) is 46.9 Å². The third-order valence-electron chi connectivity index (χ3n) is 5.22. The Labute approximate surface area is 210 Å². The van der Waals surface area contributed by atoms with Crippen molar-refractivity contribution < 1.29 is 10.2 Å². The standard InChI is InChI=1S/C24H32N2O2S4/c1-2-3-4-5-6-7-8-12-15-30-22-16-21(28)23(17-20(22)27)31-26-18-25(24(29)32-26)19-13-10-9-11-14-19/h9-11,13-14,16-17,27-28H,2-8,12,15,18H2,1H3. The first-order valence-corrected chi connectivity index (χ1v) is 14.2. The fourth-order valence-electron chi connectivity index (χ4n) is 3.44. The van der Waals surface area contributed by atoms with E-state index in [0.717, 1.165) is 27.1 Å². The molecule has 1 fully saturated rings. The van der Waals surface area contributed by atoms with Gasteiger partial charge in [-0.3, -0.25) is 0 Å². The number of hydrogen-bond acceptors (Lipinski definition) is 7. The van der Waals surface area contributed by atoms with Crippen molar-refractivity contribution in [2.75, 3.05) is 17.3 Å². The third kappa shape index (κ3) is 7.76. The average Bonchev–Trinajstić information content (AvgIpc) is 3.16. The lowest BCUT2D eigenvalue weighted by Gasteiger charge is -2.17. The minimum absolute atomic E-state index is 0.191. The van der Waals surface area contributed by atoms with Gasteiger partial charge in [-0.15, -0.1) is 11.8 Å². The van der Waals surface area contributed by atoms with E-state index in [2.05, 4.69) is 11.8 Å². The molecule has 1 aliphatic heterocycles. The number of thioether (sulfide) groups is 1. The highest BCUT2D eigenvalue weighted by molar-refractivity contribution is 8.27. The minimum atomic E-state index is 0.191. The molecule has 0 saturated carbocycles. The molecule has 0 spiro atoms. The fraction of sp³-hybridized carbons (Fsp3) is 0.458. The summed E-state index contributed by atoms with van der Waals surface area (Å²) in [5, 5.41) is 21.0. The second kappa shape index (κ2) is 13.6. The Morgan fingerprint density at radius 1 is 0.906 bits per heavy atom. The molecule has 0 atom stereocenters. The molecule has 2 aromatic carbocycles. The van der Waals surface area contributed by atoms with Gasteiger partial charge in [-0.2, -0.15) is 3.71 Å². The number of phenolic OH excluding ortho intramolecular Hbond substituents is 2. The van der Waals surface area contributed by atoms with Crippen molar-refractivity contribution in [2.45, 2.75) is 68.1 Å². The van der Waals surface area contributed by atoms with Gasteiger partial charge in [0.1, 0.15) is 11.5 Å². The summed E-state index contributed by atoms with van der Waals surface area (Å²) in [5.41, 5.74) is 1.05. The molecular formula is C24H32N2O2S4. The van der Waals surface area contributed by atoms with Gasteiger partial charge in [0.05, 0.1) is 16.5 Å². The zero-order valence-electron chi connectivity index (χ0n) is 18.5. The quantitative estimate of drug-likeness (QED) is 0.0926. The molecule has 2 N–H and O–H groups in total. The first-order chi connectivity index (χ1) is 15.6. The molecule has 1 heterocycles. The van der Waals surface area contributed by atoms with Crippen molar-refractivity contribution >= 4 is 57.9 Å². The van der Waals surface area contributed by atoms with Crippen LogP contribution >= 0.6 is 47.9 Å². The molecular weight excluding hydrogens is 477 g/mol. The van der Waals surface area contributed by atoms with Crippen molar-refractivity contribution in [1.82, 2.24) is 3.71 Å². The predicted molar refractivity (Wildman–Crippen MR) is 145 cm³/mol. The van der Waals surface area contributed by atoms with Crippen LogP contribution in [0.15, 0.2) is 52.3 Å². The first kappa shape index (κ1) is 25.6. The van der Waals surface area contributed by atoms with Crippen LogP contribution in [0, 0.1) is 0 Å². The van der Waals surface area contributed by atoms with Crippen LogP contribution in [0.25, 0.3) is 0 Å². The Morgan fingerprint density at radius 2 is 1.53 bits per heavy atom. The fourth-order valence-corrected chi connectivity index (χ4v) is 6.90. The molecule has 1 saturated heterocycles. The number of aromatic hydroxyl groups is 2. The summed E-state index contributed by atoms with van der Waals surface area (Å²) in [6.45, 7) is 2.85. The molecule has 0 aliphatic carbocycles. The van der Waals surface area contributed by atoms with Crippen LogP contribution in [0.5, 0.6) is 11.5 Å². The summed E-state index contributed by atoms with van der Waals surface area (Å²) in [7, 11) is 0. The maximum atomic E-state index is 10.5. The maximum Gasteiger partial charge on any atom is 0.158 e. The molecule has 0 bridgehead atoms. The molecule has 174 valence electrons. The lowest BCUT2D eigenvalue weighted by Crippen LogP contribution is -2.23. The van der Waals surface area contributed by atoms with Gasteiger partial charge in [0, 0.05) is 17.6 Å². The first-order valence-electron chi connectivity index (χ1n) is 11.3. The van der Waals surface area contributed by atoms with Gasteiger partial charge in [-0.05, 0) is 48.4 Å². The number of rotatable bonds is 13. The van der Waals surface area contributed by atoms with E-state index in [1.54, 1.807) is 23.9 Å². The van der Waals surface area contributed by atoms with Crippen molar-refractivity contribution in [3.63, 3.8) is 0 Å². The normalized spacial score (nSPS) is 14.4. The van der Waals surface area contributed by atoms with E-state index in [4.69, 9.17) is 12.2 Å². The molecule has 3 rings (SSSR count). The van der Waals surface area contributed by atoms with Crippen LogP contribution in [-0.4, -0.2) is 30.7 Å². The van der Waals surface area contributed by atoms with Crippen molar-refractivity contribution in [2.24, 2.45) is 0 Å². The second-order valence-corrected chi connectivity index (χ2v) is 11.9. The maximum absolute atomic E-state index is 10.5. The van der Waals surface area contributed by atoms with E-state index in [1.165, 1.54) is 68.8 Å². The van der Waals surface area contributed by atoms with Gasteiger partial charge < -0.3 is 15.1 Å². The predicted octanol–water partition coefficient (Wildman–Crippen LogP) is 8.05. The van der Waals surface area contributed by atoms with E-state index >= 15 is 0 Å². The lowest BCUT2D eigenvalue weighted by atomic mass is 10.1. The lowest BCUT2D eigenvalue weighted by molar-refractivity contribution is 0.438. The Balaban J connectivity index is 1.45. The van der Waals surface area contributed by atoms with E-state index < -0.39 is 0 Å². The SMILES string of the molecule is CCCCCCCCCCSc1cc(O)c(SN2CN(c3ccccc3)C(=S)S2)cc1O. The van der Waals surface area contributed by atoms with Gasteiger partial charge in [-0.1, -0.05) is 82.3 Å². The van der Waals surface area contributed by atoms with Crippen LogP contribution in [-0.2, 0) is 0 Å². The Morgan fingerprint density at radius 3 is 2.25 bits per heavy atom. The molecule has 0 amide bonds.